The molecule has 192 valence electrons. The zero-order chi connectivity index (χ0) is 26.7. The highest BCUT2D eigenvalue weighted by Crippen LogP contribution is 2.43. The maximum absolute atomic E-state index is 12.9. The summed E-state index contributed by atoms with van der Waals surface area (Å²) in [5.74, 6) is 2.30. The van der Waals surface area contributed by atoms with E-state index in [-0.39, 0.29) is 5.91 Å². The van der Waals surface area contributed by atoms with Crippen molar-refractivity contribution >= 4 is 28.1 Å². The van der Waals surface area contributed by atoms with Gasteiger partial charge >= 0.3 is 0 Å². The van der Waals surface area contributed by atoms with Gasteiger partial charge in [-0.25, -0.2) is 0 Å². The first-order chi connectivity index (χ1) is 17.8. The average Bonchev–Trinajstić information content (AvgIpc) is 3.32. The molecule has 0 saturated carbocycles. The number of hydrogen-bond donors (Lipinski definition) is 1. The molecule has 0 fully saturated rings. The van der Waals surface area contributed by atoms with E-state index in [0.717, 1.165) is 38.9 Å². The van der Waals surface area contributed by atoms with Crippen molar-refractivity contribution in [3.05, 3.63) is 77.6 Å². The van der Waals surface area contributed by atoms with Gasteiger partial charge in [0.25, 0.3) is 0 Å². The number of nitrogens with one attached hydrogen (secondary N) is 1. The number of carbonyl (C=O) groups excluding carboxylic acids is 1. The summed E-state index contributed by atoms with van der Waals surface area (Å²) < 4.78 is 22.8. The van der Waals surface area contributed by atoms with E-state index in [1.54, 1.807) is 33.7 Å². The molecule has 0 aliphatic rings. The Kier molecular flexibility index (Phi) is 7.58. The molecule has 0 radical (unpaired) electrons. The monoisotopic (exact) mass is 499 g/mol. The lowest BCUT2D eigenvalue weighted by molar-refractivity contribution is -0.111. The topological polar surface area (TPSA) is 69.9 Å². The number of methoxy groups -OCH3 is 3. The third-order valence-electron chi connectivity index (χ3n) is 6.56. The molecule has 1 amide bonds. The van der Waals surface area contributed by atoms with Gasteiger partial charge in [0.15, 0.2) is 0 Å². The van der Waals surface area contributed by atoms with Crippen LogP contribution in [0.1, 0.15) is 43.4 Å². The Labute approximate surface area is 217 Å². The van der Waals surface area contributed by atoms with E-state index in [2.05, 4.69) is 19.2 Å². The van der Waals surface area contributed by atoms with Crippen LogP contribution in [0.5, 0.6) is 17.2 Å². The van der Waals surface area contributed by atoms with Crippen LogP contribution in [-0.2, 0) is 4.79 Å². The first-order valence-corrected chi connectivity index (χ1v) is 12.2. The summed E-state index contributed by atoms with van der Waals surface area (Å²) in [5, 5.41) is 3.84. The van der Waals surface area contributed by atoms with Crippen LogP contribution < -0.4 is 19.5 Å². The van der Waals surface area contributed by atoms with Crippen LogP contribution >= 0.6 is 0 Å². The number of amides is 1. The number of allylic oxidation sites excluding steroid dienone is 1. The normalized spacial score (nSPS) is 11.6. The van der Waals surface area contributed by atoms with Crippen LogP contribution in [0, 0.1) is 6.92 Å². The number of rotatable bonds is 8. The van der Waals surface area contributed by atoms with Gasteiger partial charge in [-0.2, -0.15) is 0 Å². The lowest BCUT2D eigenvalue weighted by atomic mass is 9.96. The quantitative estimate of drug-likeness (QED) is 0.253. The molecule has 6 nitrogen and oxygen atoms in total. The van der Waals surface area contributed by atoms with E-state index in [4.69, 9.17) is 18.6 Å². The third kappa shape index (κ3) is 5.19. The molecule has 4 rings (SSSR count). The van der Waals surface area contributed by atoms with Crippen molar-refractivity contribution in [2.24, 2.45) is 0 Å². The van der Waals surface area contributed by atoms with Gasteiger partial charge in [0.1, 0.15) is 22.8 Å². The van der Waals surface area contributed by atoms with Crippen LogP contribution in [0.4, 0.5) is 5.69 Å². The van der Waals surface area contributed by atoms with E-state index < -0.39 is 0 Å². The zero-order valence-electron chi connectivity index (χ0n) is 22.4. The summed E-state index contributed by atoms with van der Waals surface area (Å²) in [5.41, 5.74) is 6.82. The Morgan fingerprint density at radius 3 is 2.30 bits per heavy atom. The number of hydrogen-bond acceptors (Lipinski definition) is 5. The summed E-state index contributed by atoms with van der Waals surface area (Å²) in [7, 11) is 4.88. The van der Waals surface area contributed by atoms with Gasteiger partial charge in [0.05, 0.1) is 27.6 Å². The maximum Gasteiger partial charge on any atom is 0.248 e. The second kappa shape index (κ2) is 10.8. The van der Waals surface area contributed by atoms with E-state index >= 15 is 0 Å². The number of aryl methyl sites for hydroxylation is 1. The van der Waals surface area contributed by atoms with E-state index in [1.165, 1.54) is 5.56 Å². The molecule has 0 atom stereocenters. The fourth-order valence-electron chi connectivity index (χ4n) is 4.51. The standard InChI is InChI=1S/C31H33NO5/c1-18(2)21-8-10-22(11-9-21)32-29(33)14-19(3)24-16-26-27(17-37-31(26)20(4)30(24)36-7)25-15-23(34-5)12-13-28(25)35-6/h8-18H,1-7H3,(H,32,33)/b19-14+. The average molecular weight is 500 g/mol. The Bertz CT molecular complexity index is 1460. The van der Waals surface area contributed by atoms with Gasteiger partial charge in [-0.1, -0.05) is 26.0 Å². The lowest BCUT2D eigenvalue weighted by Crippen LogP contribution is -2.09. The van der Waals surface area contributed by atoms with Crippen molar-refractivity contribution in [2.75, 3.05) is 26.6 Å². The minimum Gasteiger partial charge on any atom is -0.497 e. The molecule has 0 aliphatic carbocycles. The molecule has 0 saturated heterocycles. The number of anilines is 1. The molecule has 0 aliphatic heterocycles. The minimum atomic E-state index is -0.212. The molecule has 4 aromatic rings. The van der Waals surface area contributed by atoms with Crippen molar-refractivity contribution in [3.8, 4) is 28.4 Å². The second-order valence-corrected chi connectivity index (χ2v) is 9.27. The number of fused-ring (bicyclic) bond motifs is 1. The van der Waals surface area contributed by atoms with Gasteiger partial charge in [0.2, 0.25) is 5.91 Å². The highest BCUT2D eigenvalue weighted by molar-refractivity contribution is 6.06. The molecule has 0 unspecified atom stereocenters. The number of carbonyl (C=O) groups is 1. The summed E-state index contributed by atoms with van der Waals surface area (Å²) in [4.78, 5) is 12.9. The molecule has 0 spiro atoms. The van der Waals surface area contributed by atoms with Crippen LogP contribution in [0.3, 0.4) is 0 Å². The predicted octanol–water partition coefficient (Wildman–Crippen LogP) is 7.60. The summed E-state index contributed by atoms with van der Waals surface area (Å²) in [6.45, 7) is 8.13. The Balaban J connectivity index is 1.75. The van der Waals surface area contributed by atoms with E-state index in [1.807, 2.05) is 62.4 Å². The van der Waals surface area contributed by atoms with Crippen LogP contribution in [-0.4, -0.2) is 27.2 Å². The van der Waals surface area contributed by atoms with E-state index in [0.29, 0.717) is 28.7 Å². The van der Waals surface area contributed by atoms with Crippen molar-refractivity contribution in [2.45, 2.75) is 33.6 Å². The second-order valence-electron chi connectivity index (χ2n) is 9.27. The van der Waals surface area contributed by atoms with E-state index in [9.17, 15) is 4.79 Å². The summed E-state index contributed by atoms with van der Waals surface area (Å²) in [6.07, 6.45) is 3.30. The molecule has 6 heteroatoms. The number of ether oxygens (including phenoxy) is 3. The number of furan rings is 1. The summed E-state index contributed by atoms with van der Waals surface area (Å²) >= 11 is 0. The first kappa shape index (κ1) is 25.9. The minimum absolute atomic E-state index is 0.212. The first-order valence-electron chi connectivity index (χ1n) is 12.2. The molecule has 37 heavy (non-hydrogen) atoms. The molecule has 3 aromatic carbocycles. The highest BCUT2D eigenvalue weighted by Gasteiger charge is 2.21. The van der Waals surface area contributed by atoms with Gasteiger partial charge in [-0.15, -0.1) is 0 Å². The molecule has 0 bridgehead atoms. The molecular weight excluding hydrogens is 466 g/mol. The molecular formula is C31H33NO5. The maximum atomic E-state index is 12.9. The zero-order valence-corrected chi connectivity index (χ0v) is 22.4. The van der Waals surface area contributed by atoms with Gasteiger partial charge in [-0.3, -0.25) is 4.79 Å². The third-order valence-corrected chi connectivity index (χ3v) is 6.56. The fourth-order valence-corrected chi connectivity index (χ4v) is 4.51. The summed E-state index contributed by atoms with van der Waals surface area (Å²) in [6, 6.07) is 15.5. The van der Waals surface area contributed by atoms with Gasteiger partial charge in [0, 0.05) is 39.4 Å². The van der Waals surface area contributed by atoms with Crippen molar-refractivity contribution in [1.82, 2.24) is 0 Å². The Morgan fingerprint density at radius 2 is 1.68 bits per heavy atom. The van der Waals surface area contributed by atoms with Gasteiger partial charge < -0.3 is 23.9 Å². The van der Waals surface area contributed by atoms with Crippen LogP contribution in [0.15, 0.2) is 65.3 Å². The largest absolute Gasteiger partial charge is 0.497 e. The SMILES string of the molecule is COc1ccc(OC)c(-c2coc3c(C)c(OC)c(/C(C)=C/C(=O)Nc4ccc(C(C)C)cc4)cc23)c1. The van der Waals surface area contributed by atoms with Crippen LogP contribution in [0.25, 0.3) is 27.7 Å². The smallest absolute Gasteiger partial charge is 0.248 e. The van der Waals surface area contributed by atoms with Crippen molar-refractivity contribution < 1.29 is 23.4 Å². The lowest BCUT2D eigenvalue weighted by Gasteiger charge is -2.14. The van der Waals surface area contributed by atoms with Crippen molar-refractivity contribution in [3.63, 3.8) is 0 Å². The number of benzene rings is 3. The predicted molar refractivity (Wildman–Crippen MR) is 149 cm³/mol. The van der Waals surface area contributed by atoms with Gasteiger partial charge in [-0.05, 0) is 67.3 Å². The highest BCUT2D eigenvalue weighted by atomic mass is 16.5. The molecule has 1 heterocycles. The Morgan fingerprint density at radius 1 is 0.946 bits per heavy atom. The van der Waals surface area contributed by atoms with Crippen molar-refractivity contribution in [1.29, 1.82) is 0 Å². The van der Waals surface area contributed by atoms with Crippen LogP contribution in [0.2, 0.25) is 0 Å². The fraction of sp³-hybridized carbons (Fsp3) is 0.258. The molecule has 1 aromatic heterocycles. The Hall–Kier alpha value is -4.19. The molecule has 1 N–H and O–H groups in total.